The van der Waals surface area contributed by atoms with Gasteiger partial charge in [0.2, 0.25) is 0 Å². The van der Waals surface area contributed by atoms with Crippen LogP contribution in [0.1, 0.15) is 11.1 Å². The van der Waals surface area contributed by atoms with E-state index in [4.69, 9.17) is 10.9 Å². The van der Waals surface area contributed by atoms with Crippen molar-refractivity contribution in [2.45, 2.75) is 6.54 Å². The first kappa shape index (κ1) is 15.2. The zero-order valence-corrected chi connectivity index (χ0v) is 12.4. The van der Waals surface area contributed by atoms with E-state index in [-0.39, 0.29) is 5.84 Å². The van der Waals surface area contributed by atoms with E-state index in [2.05, 4.69) is 15.4 Å². The summed E-state index contributed by atoms with van der Waals surface area (Å²) in [6, 6.07) is 7.73. The van der Waals surface area contributed by atoms with E-state index in [1.807, 2.05) is 36.0 Å². The maximum atomic E-state index is 8.60. The van der Waals surface area contributed by atoms with Gasteiger partial charge in [-0.3, -0.25) is 0 Å². The third-order valence-electron chi connectivity index (χ3n) is 3.40. The van der Waals surface area contributed by atoms with E-state index in [0.717, 1.165) is 25.2 Å². The summed E-state index contributed by atoms with van der Waals surface area (Å²) in [5.74, 6) is 2.66. The number of nitrogens with one attached hydrogen (secondary N) is 1. The molecule has 1 aliphatic rings. The maximum Gasteiger partial charge on any atom is 0.170 e. The van der Waals surface area contributed by atoms with Crippen LogP contribution in [0.25, 0.3) is 0 Å². The second-order valence-electron chi connectivity index (χ2n) is 4.81. The molecule has 0 aliphatic carbocycles. The van der Waals surface area contributed by atoms with Crippen molar-refractivity contribution in [3.63, 3.8) is 0 Å². The molecular weight excluding hydrogens is 272 g/mol. The third kappa shape index (κ3) is 4.70. The first-order valence-corrected chi connectivity index (χ1v) is 8.03. The second kappa shape index (κ2) is 8.14. The van der Waals surface area contributed by atoms with Crippen molar-refractivity contribution in [2.24, 2.45) is 10.9 Å². The van der Waals surface area contributed by atoms with Gasteiger partial charge in [0.05, 0.1) is 0 Å². The molecule has 0 unspecified atom stereocenters. The van der Waals surface area contributed by atoms with Crippen molar-refractivity contribution < 1.29 is 5.21 Å². The maximum absolute atomic E-state index is 8.60. The van der Waals surface area contributed by atoms with E-state index in [9.17, 15) is 0 Å². The standard InChI is InChI=1S/C14H22N4OS/c15-14(17-19)13-3-1-12(2-4-13)11-16-5-6-18-7-9-20-10-8-18/h1-4,16,19H,5-11H2,(H2,15,17). The van der Waals surface area contributed by atoms with Crippen molar-refractivity contribution in [1.29, 1.82) is 0 Å². The average Bonchev–Trinajstić information content (AvgIpc) is 2.52. The summed E-state index contributed by atoms with van der Waals surface area (Å²) in [5, 5.41) is 15.0. The van der Waals surface area contributed by atoms with Gasteiger partial charge in [-0.1, -0.05) is 29.4 Å². The smallest absolute Gasteiger partial charge is 0.170 e. The quantitative estimate of drug-likeness (QED) is 0.239. The molecule has 1 fully saturated rings. The molecule has 5 nitrogen and oxygen atoms in total. The van der Waals surface area contributed by atoms with Crippen molar-refractivity contribution in [3.8, 4) is 0 Å². The molecule has 6 heteroatoms. The van der Waals surface area contributed by atoms with E-state index >= 15 is 0 Å². The molecule has 0 amide bonds. The number of hydrogen-bond donors (Lipinski definition) is 3. The molecule has 1 aromatic carbocycles. The Morgan fingerprint density at radius 2 is 2.00 bits per heavy atom. The zero-order valence-electron chi connectivity index (χ0n) is 11.6. The number of rotatable bonds is 6. The number of nitrogens with zero attached hydrogens (tertiary/aromatic N) is 2. The van der Waals surface area contributed by atoms with Gasteiger partial charge < -0.3 is 21.2 Å². The molecule has 2 rings (SSSR count). The summed E-state index contributed by atoms with van der Waals surface area (Å²) in [6.07, 6.45) is 0. The van der Waals surface area contributed by atoms with E-state index < -0.39 is 0 Å². The van der Waals surface area contributed by atoms with E-state index in [1.165, 1.54) is 30.2 Å². The molecule has 0 aromatic heterocycles. The van der Waals surface area contributed by atoms with Crippen molar-refractivity contribution in [2.75, 3.05) is 37.7 Å². The normalized spacial score (nSPS) is 17.3. The fourth-order valence-corrected chi connectivity index (χ4v) is 3.12. The number of benzene rings is 1. The summed E-state index contributed by atoms with van der Waals surface area (Å²) in [7, 11) is 0. The number of hydrogen-bond acceptors (Lipinski definition) is 5. The molecule has 0 bridgehead atoms. The topological polar surface area (TPSA) is 73.9 Å². The summed E-state index contributed by atoms with van der Waals surface area (Å²) in [4.78, 5) is 2.50. The van der Waals surface area contributed by atoms with Gasteiger partial charge in [-0.2, -0.15) is 11.8 Å². The SMILES string of the molecule is N/C(=N/O)c1ccc(CNCCN2CCSCC2)cc1. The summed E-state index contributed by atoms with van der Waals surface area (Å²) < 4.78 is 0. The Morgan fingerprint density at radius 3 is 2.65 bits per heavy atom. The van der Waals surface area contributed by atoms with Crippen LogP contribution >= 0.6 is 11.8 Å². The monoisotopic (exact) mass is 294 g/mol. The number of amidine groups is 1. The van der Waals surface area contributed by atoms with Crippen LogP contribution in [0.2, 0.25) is 0 Å². The van der Waals surface area contributed by atoms with Crippen LogP contribution in [0, 0.1) is 0 Å². The predicted octanol–water partition coefficient (Wildman–Crippen LogP) is 0.919. The molecule has 110 valence electrons. The highest BCUT2D eigenvalue weighted by Crippen LogP contribution is 2.08. The van der Waals surface area contributed by atoms with Crippen molar-refractivity contribution in [3.05, 3.63) is 35.4 Å². The first-order chi connectivity index (χ1) is 9.79. The molecule has 1 saturated heterocycles. The van der Waals surface area contributed by atoms with Crippen LogP contribution in [0.15, 0.2) is 29.4 Å². The van der Waals surface area contributed by atoms with Crippen LogP contribution in [-0.4, -0.2) is 53.6 Å². The van der Waals surface area contributed by atoms with E-state index in [1.54, 1.807) is 0 Å². The highest BCUT2D eigenvalue weighted by Gasteiger charge is 2.08. The number of nitrogens with two attached hydrogens (primary N) is 1. The second-order valence-corrected chi connectivity index (χ2v) is 6.04. The first-order valence-electron chi connectivity index (χ1n) is 6.87. The Labute approximate surface area is 124 Å². The Bertz CT molecular complexity index is 429. The molecule has 1 aromatic rings. The van der Waals surface area contributed by atoms with Gasteiger partial charge in [-0.15, -0.1) is 0 Å². The van der Waals surface area contributed by atoms with Crippen LogP contribution in [0.3, 0.4) is 0 Å². The minimum Gasteiger partial charge on any atom is -0.409 e. The number of thioether (sulfide) groups is 1. The molecule has 0 saturated carbocycles. The van der Waals surface area contributed by atoms with Crippen molar-refractivity contribution >= 4 is 17.6 Å². The highest BCUT2D eigenvalue weighted by molar-refractivity contribution is 7.99. The molecule has 20 heavy (non-hydrogen) atoms. The summed E-state index contributed by atoms with van der Waals surface area (Å²) in [5.41, 5.74) is 7.47. The lowest BCUT2D eigenvalue weighted by atomic mass is 10.1. The van der Waals surface area contributed by atoms with E-state index in [0.29, 0.717) is 0 Å². The van der Waals surface area contributed by atoms with Gasteiger partial charge in [-0.05, 0) is 5.56 Å². The van der Waals surface area contributed by atoms with Gasteiger partial charge in [0, 0.05) is 49.8 Å². The van der Waals surface area contributed by atoms with Crippen LogP contribution in [0.5, 0.6) is 0 Å². The lowest BCUT2D eigenvalue weighted by Gasteiger charge is -2.26. The summed E-state index contributed by atoms with van der Waals surface area (Å²) >= 11 is 2.04. The lowest BCUT2D eigenvalue weighted by molar-refractivity contribution is 0.301. The van der Waals surface area contributed by atoms with Crippen molar-refractivity contribution in [1.82, 2.24) is 10.2 Å². The van der Waals surface area contributed by atoms with Gasteiger partial charge in [-0.25, -0.2) is 0 Å². The minimum absolute atomic E-state index is 0.146. The highest BCUT2D eigenvalue weighted by atomic mass is 32.2. The van der Waals surface area contributed by atoms with Crippen LogP contribution in [-0.2, 0) is 6.54 Å². The fourth-order valence-electron chi connectivity index (χ4n) is 2.15. The largest absolute Gasteiger partial charge is 0.409 e. The lowest BCUT2D eigenvalue weighted by Crippen LogP contribution is -2.37. The predicted molar refractivity (Wildman–Crippen MR) is 84.4 cm³/mol. The van der Waals surface area contributed by atoms with Crippen LogP contribution < -0.4 is 11.1 Å². The molecule has 0 atom stereocenters. The Hall–Kier alpha value is -1.24. The molecule has 1 heterocycles. The number of oxime groups is 1. The Morgan fingerprint density at radius 1 is 1.30 bits per heavy atom. The molecule has 1 aliphatic heterocycles. The zero-order chi connectivity index (χ0) is 14.2. The molecule has 0 spiro atoms. The van der Waals surface area contributed by atoms with Gasteiger partial charge in [0.25, 0.3) is 0 Å². The summed E-state index contributed by atoms with van der Waals surface area (Å²) in [6.45, 7) is 5.39. The Balaban J connectivity index is 1.68. The minimum atomic E-state index is 0.146. The Kier molecular flexibility index (Phi) is 6.17. The van der Waals surface area contributed by atoms with Crippen LogP contribution in [0.4, 0.5) is 0 Å². The molecule has 0 radical (unpaired) electrons. The molecule has 4 N–H and O–H groups in total. The van der Waals surface area contributed by atoms with Gasteiger partial charge in [0.15, 0.2) is 5.84 Å². The fraction of sp³-hybridized carbons (Fsp3) is 0.500. The third-order valence-corrected chi connectivity index (χ3v) is 4.34. The van der Waals surface area contributed by atoms with Gasteiger partial charge in [0.1, 0.15) is 0 Å². The average molecular weight is 294 g/mol. The van der Waals surface area contributed by atoms with Gasteiger partial charge >= 0.3 is 0 Å². The molecular formula is C14H22N4OS.